The maximum Gasteiger partial charge on any atom is 0.0906 e. The molecule has 0 aromatic carbocycles. The van der Waals surface area contributed by atoms with Crippen LogP contribution in [0.5, 0.6) is 0 Å². The lowest BCUT2D eigenvalue weighted by Gasteiger charge is -2.31. The molecule has 0 aromatic heterocycles. The van der Waals surface area contributed by atoms with Crippen molar-refractivity contribution < 1.29 is 4.39 Å². The molecule has 11 heavy (non-hydrogen) atoms. The van der Waals surface area contributed by atoms with E-state index in [0.29, 0.717) is 6.42 Å². The molecule has 0 atom stereocenters. The lowest BCUT2D eigenvalue weighted by atomic mass is 10.3. The Hall–Kier alpha value is -0.150. The highest BCUT2D eigenvalue weighted by atomic mass is 19.1. The van der Waals surface area contributed by atoms with E-state index in [2.05, 4.69) is 16.8 Å². The van der Waals surface area contributed by atoms with Gasteiger partial charge < -0.3 is 9.80 Å². The van der Waals surface area contributed by atoms with Crippen LogP contribution < -0.4 is 0 Å². The second-order valence-corrected chi connectivity index (χ2v) is 3.19. The summed E-state index contributed by atoms with van der Waals surface area (Å²) in [5, 5.41) is 0. The van der Waals surface area contributed by atoms with Crippen LogP contribution in [0.3, 0.4) is 0 Å². The van der Waals surface area contributed by atoms with Crippen molar-refractivity contribution in [3.05, 3.63) is 0 Å². The van der Waals surface area contributed by atoms with E-state index in [-0.39, 0.29) is 6.67 Å². The fourth-order valence-electron chi connectivity index (χ4n) is 1.35. The van der Waals surface area contributed by atoms with E-state index >= 15 is 0 Å². The van der Waals surface area contributed by atoms with E-state index in [0.717, 1.165) is 32.7 Å². The summed E-state index contributed by atoms with van der Waals surface area (Å²) in [5.41, 5.74) is 0. The van der Waals surface area contributed by atoms with Gasteiger partial charge in [-0.1, -0.05) is 0 Å². The molecule has 0 spiro atoms. The second kappa shape index (κ2) is 4.67. The van der Waals surface area contributed by atoms with Crippen molar-refractivity contribution in [1.82, 2.24) is 9.80 Å². The summed E-state index contributed by atoms with van der Waals surface area (Å²) >= 11 is 0. The molecule has 1 aliphatic rings. The number of hydrogen-bond donors (Lipinski definition) is 0. The summed E-state index contributed by atoms with van der Waals surface area (Å²) in [6, 6.07) is 0. The van der Waals surface area contributed by atoms with E-state index in [4.69, 9.17) is 0 Å². The fourth-order valence-corrected chi connectivity index (χ4v) is 1.35. The molecule has 0 unspecified atom stereocenters. The topological polar surface area (TPSA) is 6.48 Å². The van der Waals surface area contributed by atoms with Gasteiger partial charge in [0.05, 0.1) is 6.67 Å². The van der Waals surface area contributed by atoms with Gasteiger partial charge in [0, 0.05) is 32.7 Å². The molecular formula is C8H17FN2. The van der Waals surface area contributed by atoms with Crippen LogP contribution in [0.4, 0.5) is 4.39 Å². The van der Waals surface area contributed by atoms with E-state index in [9.17, 15) is 4.39 Å². The first-order valence-electron chi connectivity index (χ1n) is 4.30. The molecule has 0 amide bonds. The van der Waals surface area contributed by atoms with Gasteiger partial charge in [0.25, 0.3) is 0 Å². The number of nitrogens with zero attached hydrogens (tertiary/aromatic N) is 2. The van der Waals surface area contributed by atoms with E-state index in [1.165, 1.54) is 0 Å². The van der Waals surface area contributed by atoms with Crippen LogP contribution in [0.15, 0.2) is 0 Å². The first-order chi connectivity index (χ1) is 5.33. The molecule has 0 saturated carbocycles. The first kappa shape index (κ1) is 8.94. The minimum atomic E-state index is -0.174. The van der Waals surface area contributed by atoms with E-state index < -0.39 is 0 Å². The van der Waals surface area contributed by atoms with Crippen molar-refractivity contribution in [3.63, 3.8) is 0 Å². The number of alkyl halides is 1. The number of piperazine rings is 1. The minimum absolute atomic E-state index is 0.174. The largest absolute Gasteiger partial charge is 0.304 e. The second-order valence-electron chi connectivity index (χ2n) is 3.19. The van der Waals surface area contributed by atoms with Gasteiger partial charge in [0.1, 0.15) is 0 Å². The number of halogens is 1. The molecule has 3 heteroatoms. The molecular weight excluding hydrogens is 143 g/mol. The Balaban J connectivity index is 2.07. The van der Waals surface area contributed by atoms with Crippen LogP contribution in [0.25, 0.3) is 0 Å². The van der Waals surface area contributed by atoms with E-state index in [1.807, 2.05) is 0 Å². The smallest absolute Gasteiger partial charge is 0.0906 e. The maximum absolute atomic E-state index is 11.8. The van der Waals surface area contributed by atoms with Gasteiger partial charge in [-0.15, -0.1) is 0 Å². The van der Waals surface area contributed by atoms with Crippen molar-refractivity contribution in [2.75, 3.05) is 46.4 Å². The summed E-state index contributed by atoms with van der Waals surface area (Å²) in [4.78, 5) is 4.64. The summed E-state index contributed by atoms with van der Waals surface area (Å²) in [7, 11) is 2.13. The highest BCUT2D eigenvalue weighted by Crippen LogP contribution is 1.99. The molecule has 0 N–H and O–H groups in total. The molecule has 66 valence electrons. The van der Waals surface area contributed by atoms with Crippen LogP contribution >= 0.6 is 0 Å². The third kappa shape index (κ3) is 3.16. The highest BCUT2D eigenvalue weighted by molar-refractivity contribution is 4.68. The molecule has 1 rings (SSSR count). The van der Waals surface area contributed by atoms with Crippen molar-refractivity contribution >= 4 is 0 Å². The quantitative estimate of drug-likeness (QED) is 0.596. The number of rotatable bonds is 3. The van der Waals surface area contributed by atoms with Gasteiger partial charge in [-0.05, 0) is 13.5 Å². The SMILES string of the molecule is CN1CCN(CCCF)CC1. The maximum atomic E-state index is 11.8. The number of hydrogen-bond acceptors (Lipinski definition) is 2. The Bertz CT molecular complexity index is 97.5. The predicted octanol–water partition coefficient (Wildman–Crippen LogP) is 0.593. The average Bonchev–Trinajstić information content (AvgIpc) is 2.04. The van der Waals surface area contributed by atoms with Crippen LogP contribution in [0.2, 0.25) is 0 Å². The van der Waals surface area contributed by atoms with Crippen molar-refractivity contribution in [1.29, 1.82) is 0 Å². The van der Waals surface area contributed by atoms with Gasteiger partial charge in [-0.2, -0.15) is 0 Å². The third-order valence-electron chi connectivity index (χ3n) is 2.20. The van der Waals surface area contributed by atoms with Gasteiger partial charge in [0.2, 0.25) is 0 Å². The summed E-state index contributed by atoms with van der Waals surface area (Å²) in [6.07, 6.45) is 0.698. The number of likely N-dealkylation sites (N-methyl/N-ethyl adjacent to an activating group) is 1. The van der Waals surface area contributed by atoms with Crippen molar-refractivity contribution in [3.8, 4) is 0 Å². The average molecular weight is 160 g/mol. The monoisotopic (exact) mass is 160 g/mol. The molecule has 1 saturated heterocycles. The van der Waals surface area contributed by atoms with Gasteiger partial charge in [0.15, 0.2) is 0 Å². The van der Waals surface area contributed by atoms with Crippen molar-refractivity contribution in [2.45, 2.75) is 6.42 Å². The fraction of sp³-hybridized carbons (Fsp3) is 1.00. The molecule has 0 aliphatic carbocycles. The normalized spacial score (nSPS) is 22.4. The zero-order valence-corrected chi connectivity index (χ0v) is 7.22. The van der Waals surface area contributed by atoms with Crippen molar-refractivity contribution in [2.24, 2.45) is 0 Å². The standard InChI is InChI=1S/C8H17FN2/c1-10-5-7-11(8-6-10)4-2-3-9/h2-8H2,1H3. The third-order valence-corrected chi connectivity index (χ3v) is 2.20. The Morgan fingerprint density at radius 1 is 1.18 bits per heavy atom. The first-order valence-corrected chi connectivity index (χ1v) is 4.30. The summed E-state index contributed by atoms with van der Waals surface area (Å²) in [5.74, 6) is 0. The zero-order valence-electron chi connectivity index (χ0n) is 7.22. The Labute approximate surface area is 68.0 Å². The van der Waals surface area contributed by atoms with Crippen LogP contribution in [-0.2, 0) is 0 Å². The van der Waals surface area contributed by atoms with Crippen LogP contribution in [-0.4, -0.2) is 56.2 Å². The lowest BCUT2D eigenvalue weighted by molar-refractivity contribution is 0.150. The molecule has 1 aliphatic heterocycles. The summed E-state index contributed by atoms with van der Waals surface area (Å²) < 4.78 is 11.8. The molecule has 1 heterocycles. The zero-order chi connectivity index (χ0) is 8.10. The Kier molecular flexibility index (Phi) is 3.80. The molecule has 0 aromatic rings. The Morgan fingerprint density at radius 3 is 2.36 bits per heavy atom. The molecule has 0 radical (unpaired) electrons. The minimum Gasteiger partial charge on any atom is -0.304 e. The highest BCUT2D eigenvalue weighted by Gasteiger charge is 2.12. The Morgan fingerprint density at radius 2 is 1.82 bits per heavy atom. The van der Waals surface area contributed by atoms with Crippen LogP contribution in [0, 0.1) is 0 Å². The summed E-state index contributed by atoms with van der Waals surface area (Å²) in [6.45, 7) is 5.24. The molecule has 2 nitrogen and oxygen atoms in total. The van der Waals surface area contributed by atoms with Gasteiger partial charge >= 0.3 is 0 Å². The predicted molar refractivity (Wildman–Crippen MR) is 44.5 cm³/mol. The molecule has 0 bridgehead atoms. The van der Waals surface area contributed by atoms with Crippen LogP contribution in [0.1, 0.15) is 6.42 Å². The van der Waals surface area contributed by atoms with E-state index in [1.54, 1.807) is 0 Å². The van der Waals surface area contributed by atoms with Gasteiger partial charge in [-0.3, -0.25) is 4.39 Å². The van der Waals surface area contributed by atoms with Gasteiger partial charge in [-0.25, -0.2) is 0 Å². The lowest BCUT2D eigenvalue weighted by Crippen LogP contribution is -2.44. The molecule has 1 fully saturated rings.